The third kappa shape index (κ3) is 4.46. The van der Waals surface area contributed by atoms with Crippen LogP contribution in [0.2, 0.25) is 0 Å². The molecule has 1 aromatic heterocycles. The highest BCUT2D eigenvalue weighted by Crippen LogP contribution is 2.28. The third-order valence-corrected chi connectivity index (χ3v) is 3.57. The van der Waals surface area contributed by atoms with Crippen LogP contribution in [0.5, 0.6) is 0 Å². The molecule has 1 unspecified atom stereocenters. The lowest BCUT2D eigenvalue weighted by molar-refractivity contribution is -0.671. The van der Waals surface area contributed by atoms with Crippen molar-refractivity contribution in [1.29, 1.82) is 0 Å². The third-order valence-electron chi connectivity index (χ3n) is 2.97. The van der Waals surface area contributed by atoms with E-state index in [-0.39, 0.29) is 24.0 Å². The lowest BCUT2D eigenvalue weighted by atomic mass is 10.1. The van der Waals surface area contributed by atoms with E-state index >= 15 is 0 Å². The maximum absolute atomic E-state index is 5.89. The second-order valence-corrected chi connectivity index (χ2v) is 5.15. The Hall–Kier alpha value is -0.600. The lowest BCUT2D eigenvalue weighted by Crippen LogP contribution is -3.00. The van der Waals surface area contributed by atoms with Crippen molar-refractivity contribution in [2.75, 3.05) is 0 Å². The summed E-state index contributed by atoms with van der Waals surface area (Å²) in [5.41, 5.74) is 0.390. The summed E-state index contributed by atoms with van der Waals surface area (Å²) in [6, 6.07) is 4.07. The van der Waals surface area contributed by atoms with E-state index in [1.165, 1.54) is 25.0 Å². The molecule has 2 rings (SSSR count). The second-order valence-electron chi connectivity index (χ2n) is 4.55. The van der Waals surface area contributed by atoms with Crippen molar-refractivity contribution >= 4 is 18.3 Å². The number of nitrogens with zero attached hydrogens (tertiary/aromatic N) is 2. The number of unbranched alkanes of at least 4 members (excludes halogenated alkanes) is 2. The molecule has 1 N–H and O–H groups in total. The fraction of sp³-hybridized carbons (Fsp3) is 0.429. The van der Waals surface area contributed by atoms with E-state index in [2.05, 4.69) is 22.1 Å². The zero-order valence-corrected chi connectivity index (χ0v) is 14.7. The largest absolute Gasteiger partial charge is 1.00 e. The zero-order valence-electron chi connectivity index (χ0n) is 11.8. The van der Waals surface area contributed by atoms with Crippen LogP contribution in [-0.2, 0) is 17.5 Å². The van der Waals surface area contributed by atoms with Crippen LogP contribution < -0.4 is 33.3 Å². The number of hydrogen-bond donors (Lipinski definition) is 1. The summed E-state index contributed by atoms with van der Waals surface area (Å²) in [4.78, 5) is 0. The molecular weight excluding hydrogens is 385 g/mol. The summed E-state index contributed by atoms with van der Waals surface area (Å²) >= 11 is 1.30. The summed E-state index contributed by atoms with van der Waals surface area (Å²) in [7, 11) is 1.99. The number of aromatic nitrogens is 1. The summed E-state index contributed by atoms with van der Waals surface area (Å²) in [5.74, 6) is 0. The van der Waals surface area contributed by atoms with E-state index in [4.69, 9.17) is 4.74 Å². The number of allylic oxidation sites excluding steroid dienone is 1. The molecule has 2 heterocycles. The highest BCUT2D eigenvalue weighted by Gasteiger charge is 2.35. The minimum absolute atomic E-state index is 0. The van der Waals surface area contributed by atoms with Crippen molar-refractivity contribution in [2.45, 2.75) is 31.9 Å². The monoisotopic (exact) mass is 405 g/mol. The summed E-state index contributed by atoms with van der Waals surface area (Å²) < 4.78 is 15.3. The molecule has 0 spiro atoms. The Balaban J connectivity index is 0.00000200. The van der Waals surface area contributed by atoms with Crippen molar-refractivity contribution in [3.63, 3.8) is 0 Å². The first-order chi connectivity index (χ1) is 9.27. The van der Waals surface area contributed by atoms with Gasteiger partial charge in [-0.3, -0.25) is 0 Å². The van der Waals surface area contributed by atoms with Crippen LogP contribution in [0.25, 0.3) is 0 Å². The van der Waals surface area contributed by atoms with Crippen LogP contribution >= 0.6 is 12.1 Å². The highest BCUT2D eigenvalue weighted by atomic mass is 127. The van der Waals surface area contributed by atoms with Gasteiger partial charge in [-0.15, -0.1) is 0 Å². The van der Waals surface area contributed by atoms with Gasteiger partial charge in [0.1, 0.15) is 7.05 Å². The second kappa shape index (κ2) is 8.63. The van der Waals surface area contributed by atoms with Crippen LogP contribution in [-0.4, -0.2) is 6.21 Å². The Bertz CT molecular complexity index is 464. The Morgan fingerprint density at radius 2 is 2.20 bits per heavy atom. The maximum atomic E-state index is 5.89. The number of ether oxygens (including phenoxy) is 1. The molecule has 0 aromatic carbocycles. The quantitative estimate of drug-likeness (QED) is 0.231. The Labute approximate surface area is 142 Å². The molecule has 0 amide bonds. The van der Waals surface area contributed by atoms with Gasteiger partial charge in [-0.2, -0.15) is 4.72 Å². The van der Waals surface area contributed by atoms with Crippen molar-refractivity contribution in [3.8, 4) is 0 Å². The van der Waals surface area contributed by atoms with E-state index in [0.717, 1.165) is 12.0 Å². The molecule has 0 saturated heterocycles. The van der Waals surface area contributed by atoms with Crippen LogP contribution in [0.1, 0.15) is 31.7 Å². The first-order valence-electron chi connectivity index (χ1n) is 6.53. The van der Waals surface area contributed by atoms with Gasteiger partial charge in [-0.05, 0) is 18.9 Å². The average Bonchev–Trinajstić information content (AvgIpc) is 2.89. The number of halogens is 1. The van der Waals surface area contributed by atoms with Crippen LogP contribution in [0.15, 0.2) is 41.3 Å². The fourth-order valence-corrected chi connectivity index (χ4v) is 2.38. The van der Waals surface area contributed by atoms with Crippen molar-refractivity contribution in [2.24, 2.45) is 11.4 Å². The molecule has 1 atom stereocenters. The minimum atomic E-state index is -0.651. The molecule has 20 heavy (non-hydrogen) atoms. The van der Waals surface area contributed by atoms with Gasteiger partial charge < -0.3 is 28.7 Å². The van der Waals surface area contributed by atoms with E-state index in [9.17, 15) is 0 Å². The Morgan fingerprint density at radius 3 is 2.80 bits per heavy atom. The highest BCUT2D eigenvalue weighted by molar-refractivity contribution is 7.96. The van der Waals surface area contributed by atoms with Gasteiger partial charge in [0.05, 0.1) is 24.6 Å². The molecule has 0 bridgehead atoms. The van der Waals surface area contributed by atoms with Crippen LogP contribution in [0, 0.1) is 0 Å². The van der Waals surface area contributed by atoms with Gasteiger partial charge in [0.2, 0.25) is 5.72 Å². The van der Waals surface area contributed by atoms with Crippen molar-refractivity contribution in [3.05, 3.63) is 42.4 Å². The van der Waals surface area contributed by atoms with Crippen LogP contribution in [0.4, 0.5) is 0 Å². The van der Waals surface area contributed by atoms with Gasteiger partial charge in [-0.25, -0.2) is 8.96 Å². The zero-order chi connectivity index (χ0) is 13.6. The topological polar surface area (TPSA) is 37.5 Å². The Kier molecular flexibility index (Phi) is 7.53. The molecule has 1 aromatic rings. The SMILES string of the molecule is CCCCC=COC1(c2cc[n+](C)cc2)C=NSN1.[I-]. The van der Waals surface area contributed by atoms with Crippen molar-refractivity contribution < 1.29 is 33.3 Å². The Morgan fingerprint density at radius 1 is 1.45 bits per heavy atom. The van der Waals surface area contributed by atoms with Crippen LogP contribution in [0.3, 0.4) is 0 Å². The van der Waals surface area contributed by atoms with Gasteiger partial charge in [0.25, 0.3) is 0 Å². The summed E-state index contributed by atoms with van der Waals surface area (Å²) in [6.45, 7) is 2.18. The molecular formula is C14H20IN3OS. The average molecular weight is 405 g/mol. The summed E-state index contributed by atoms with van der Waals surface area (Å²) in [5, 5.41) is 0. The van der Waals surface area contributed by atoms with Gasteiger partial charge in [-0.1, -0.05) is 13.3 Å². The van der Waals surface area contributed by atoms with Gasteiger partial charge in [0, 0.05) is 17.7 Å². The molecule has 0 radical (unpaired) electrons. The number of pyridine rings is 1. The minimum Gasteiger partial charge on any atom is -1.00 e. The molecule has 6 heteroatoms. The first kappa shape index (κ1) is 17.5. The van der Waals surface area contributed by atoms with E-state index in [1.807, 2.05) is 36.1 Å². The predicted octanol–water partition coefficient (Wildman–Crippen LogP) is -0.374. The fourth-order valence-electron chi connectivity index (χ4n) is 1.77. The first-order valence-corrected chi connectivity index (χ1v) is 7.30. The maximum Gasteiger partial charge on any atom is 0.234 e. The standard InChI is InChI=1S/C14H20N3OS.HI/c1-3-4-5-6-11-18-14(12-15-19-16-14)13-7-9-17(2)10-8-13;/h6-12,16H,3-5H2,1-2H3;1H/q+1;/p-1. The van der Waals surface area contributed by atoms with E-state index < -0.39 is 5.72 Å². The summed E-state index contributed by atoms with van der Waals surface area (Å²) in [6.07, 6.45) is 13.1. The normalized spacial score (nSPS) is 21.1. The number of hydrogen-bond acceptors (Lipinski definition) is 4. The molecule has 1 aliphatic heterocycles. The lowest BCUT2D eigenvalue weighted by Gasteiger charge is -2.24. The molecule has 1 aliphatic rings. The number of rotatable bonds is 6. The number of nitrogens with one attached hydrogen (secondary N) is 1. The molecule has 0 fully saturated rings. The molecule has 110 valence electrons. The predicted molar refractivity (Wildman–Crippen MR) is 78.3 cm³/mol. The van der Waals surface area contributed by atoms with Crippen molar-refractivity contribution in [1.82, 2.24) is 4.72 Å². The van der Waals surface area contributed by atoms with Gasteiger partial charge in [0.15, 0.2) is 12.4 Å². The molecule has 4 nitrogen and oxygen atoms in total. The van der Waals surface area contributed by atoms with Gasteiger partial charge >= 0.3 is 0 Å². The van der Waals surface area contributed by atoms with E-state index in [1.54, 1.807) is 12.5 Å². The molecule has 0 saturated carbocycles. The number of aryl methyl sites for hydroxylation is 1. The molecule has 0 aliphatic carbocycles. The van der Waals surface area contributed by atoms with E-state index in [0.29, 0.717) is 0 Å². The smallest absolute Gasteiger partial charge is 0.234 e.